The Labute approximate surface area is 174 Å². The number of rotatable bonds is 3. The van der Waals surface area contributed by atoms with Gasteiger partial charge in [0.05, 0.1) is 5.56 Å². The molecular weight excluding hydrogens is 374 g/mol. The predicted molar refractivity (Wildman–Crippen MR) is 117 cm³/mol. The van der Waals surface area contributed by atoms with Gasteiger partial charge in [-0.15, -0.1) is 0 Å². The van der Waals surface area contributed by atoms with Gasteiger partial charge in [0.25, 0.3) is 0 Å². The first-order valence-corrected chi connectivity index (χ1v) is 9.95. The lowest BCUT2D eigenvalue weighted by atomic mass is 10.1. The second-order valence-electron chi connectivity index (χ2n) is 7.29. The number of anilines is 1. The van der Waals surface area contributed by atoms with Gasteiger partial charge in [-0.2, -0.15) is 0 Å². The van der Waals surface area contributed by atoms with Crippen molar-refractivity contribution in [3.8, 4) is 28.9 Å². The van der Waals surface area contributed by atoms with Gasteiger partial charge in [-0.25, -0.2) is 15.0 Å². The van der Waals surface area contributed by atoms with E-state index in [-0.39, 0.29) is 0 Å². The predicted octanol–water partition coefficient (Wildman–Crippen LogP) is 3.55. The SMILES string of the molecule is COCC#Cc1ccc2nc(-c3cccnc3N)n(-c3ccc4c(c3)CCC4)c2n1. The van der Waals surface area contributed by atoms with Crippen molar-refractivity contribution in [1.29, 1.82) is 0 Å². The van der Waals surface area contributed by atoms with Crippen LogP contribution in [0, 0.1) is 11.8 Å². The van der Waals surface area contributed by atoms with E-state index in [1.807, 2.05) is 24.3 Å². The first kappa shape index (κ1) is 18.3. The first-order valence-electron chi connectivity index (χ1n) is 9.95. The van der Waals surface area contributed by atoms with Crippen LogP contribution in [0.2, 0.25) is 0 Å². The standard InChI is InChI=1S/C24H21N5O/c1-30-14-4-7-18-10-12-21-24(27-18)29(19-11-9-16-5-2-6-17(16)15-19)23(28-21)20-8-3-13-26-22(20)25/h3,8-13,15H,2,5-6,14H2,1H3,(H2,25,26). The summed E-state index contributed by atoms with van der Waals surface area (Å²) in [5.41, 5.74) is 13.0. The fraction of sp³-hybridized carbons (Fsp3) is 0.208. The summed E-state index contributed by atoms with van der Waals surface area (Å²) in [7, 11) is 1.62. The van der Waals surface area contributed by atoms with Gasteiger partial charge in [-0.3, -0.25) is 4.57 Å². The summed E-state index contributed by atoms with van der Waals surface area (Å²) in [5.74, 6) is 7.18. The van der Waals surface area contributed by atoms with Crippen LogP contribution >= 0.6 is 0 Å². The topological polar surface area (TPSA) is 78.9 Å². The van der Waals surface area contributed by atoms with E-state index < -0.39 is 0 Å². The number of nitrogen functional groups attached to an aromatic ring is 1. The molecule has 1 aromatic carbocycles. The Morgan fingerprint density at radius 1 is 1.10 bits per heavy atom. The molecule has 0 saturated carbocycles. The number of hydrogen-bond donors (Lipinski definition) is 1. The van der Waals surface area contributed by atoms with Crippen LogP contribution < -0.4 is 5.73 Å². The van der Waals surface area contributed by atoms with Crippen molar-refractivity contribution in [2.45, 2.75) is 19.3 Å². The van der Waals surface area contributed by atoms with E-state index in [0.29, 0.717) is 18.1 Å². The van der Waals surface area contributed by atoms with E-state index in [2.05, 4.69) is 39.6 Å². The van der Waals surface area contributed by atoms with E-state index in [1.165, 1.54) is 17.5 Å². The lowest BCUT2D eigenvalue weighted by Gasteiger charge is -2.12. The van der Waals surface area contributed by atoms with Gasteiger partial charge in [0, 0.05) is 19.0 Å². The molecule has 3 aromatic heterocycles. The van der Waals surface area contributed by atoms with Crippen LogP contribution in [0.5, 0.6) is 0 Å². The smallest absolute Gasteiger partial charge is 0.166 e. The summed E-state index contributed by atoms with van der Waals surface area (Å²) >= 11 is 0. The maximum atomic E-state index is 6.20. The van der Waals surface area contributed by atoms with Gasteiger partial charge in [0.2, 0.25) is 0 Å². The minimum absolute atomic E-state index is 0.362. The fourth-order valence-electron chi connectivity index (χ4n) is 3.95. The third-order valence-corrected chi connectivity index (χ3v) is 5.36. The summed E-state index contributed by atoms with van der Waals surface area (Å²) in [4.78, 5) is 13.9. The van der Waals surface area contributed by atoms with Crippen LogP contribution in [0.4, 0.5) is 5.82 Å². The number of hydrogen-bond acceptors (Lipinski definition) is 5. The number of aromatic nitrogens is 4. The highest BCUT2D eigenvalue weighted by Crippen LogP contribution is 2.32. The van der Waals surface area contributed by atoms with Crippen LogP contribution in [-0.4, -0.2) is 33.2 Å². The molecule has 0 atom stereocenters. The molecule has 0 radical (unpaired) electrons. The molecule has 0 fully saturated rings. The highest BCUT2D eigenvalue weighted by Gasteiger charge is 2.20. The highest BCUT2D eigenvalue weighted by atomic mass is 16.5. The molecule has 1 aliphatic rings. The molecule has 1 aliphatic carbocycles. The van der Waals surface area contributed by atoms with Crippen molar-refractivity contribution in [2.75, 3.05) is 19.5 Å². The van der Waals surface area contributed by atoms with E-state index in [1.54, 1.807) is 13.3 Å². The minimum Gasteiger partial charge on any atom is -0.383 e. The molecule has 5 rings (SSSR count). The van der Waals surface area contributed by atoms with Gasteiger partial charge < -0.3 is 10.5 Å². The lowest BCUT2D eigenvalue weighted by molar-refractivity contribution is 0.240. The molecule has 0 amide bonds. The Kier molecular flexibility index (Phi) is 4.66. The third-order valence-electron chi connectivity index (χ3n) is 5.36. The van der Waals surface area contributed by atoms with Crippen LogP contribution in [-0.2, 0) is 17.6 Å². The molecule has 0 saturated heterocycles. The Morgan fingerprint density at radius 2 is 2.00 bits per heavy atom. The normalized spacial score (nSPS) is 12.6. The van der Waals surface area contributed by atoms with Gasteiger partial charge in [0.15, 0.2) is 11.5 Å². The minimum atomic E-state index is 0.362. The quantitative estimate of drug-likeness (QED) is 0.537. The maximum absolute atomic E-state index is 6.20. The van der Waals surface area contributed by atoms with Crippen LogP contribution in [0.1, 0.15) is 23.2 Å². The van der Waals surface area contributed by atoms with Gasteiger partial charge in [0.1, 0.15) is 23.6 Å². The van der Waals surface area contributed by atoms with E-state index in [4.69, 9.17) is 20.4 Å². The van der Waals surface area contributed by atoms with E-state index >= 15 is 0 Å². The van der Waals surface area contributed by atoms with Gasteiger partial charge in [-0.05, 0) is 72.7 Å². The Bertz CT molecular complexity index is 1310. The summed E-state index contributed by atoms with van der Waals surface area (Å²) in [5, 5.41) is 0. The van der Waals surface area contributed by atoms with Crippen molar-refractivity contribution in [1.82, 2.24) is 19.5 Å². The number of nitrogens with two attached hydrogens (primary N) is 1. The zero-order valence-corrected chi connectivity index (χ0v) is 16.7. The van der Waals surface area contributed by atoms with Crippen molar-refractivity contribution < 1.29 is 4.74 Å². The molecule has 4 aromatic rings. The monoisotopic (exact) mass is 395 g/mol. The molecule has 0 bridgehead atoms. The van der Waals surface area contributed by atoms with Crippen molar-refractivity contribution in [3.63, 3.8) is 0 Å². The largest absolute Gasteiger partial charge is 0.383 e. The maximum Gasteiger partial charge on any atom is 0.166 e. The van der Waals surface area contributed by atoms with Crippen LogP contribution in [0.3, 0.4) is 0 Å². The van der Waals surface area contributed by atoms with Crippen molar-refractivity contribution in [3.05, 3.63) is 65.5 Å². The third kappa shape index (κ3) is 3.19. The second kappa shape index (κ2) is 7.62. The van der Waals surface area contributed by atoms with Crippen LogP contribution in [0.15, 0.2) is 48.7 Å². The van der Waals surface area contributed by atoms with Gasteiger partial charge >= 0.3 is 0 Å². The number of benzene rings is 1. The summed E-state index contributed by atoms with van der Waals surface area (Å²) in [6.45, 7) is 0.362. The molecule has 3 heterocycles. The number of aryl methyl sites for hydroxylation is 2. The van der Waals surface area contributed by atoms with Gasteiger partial charge in [-0.1, -0.05) is 12.0 Å². The molecule has 0 spiro atoms. The summed E-state index contributed by atoms with van der Waals surface area (Å²) < 4.78 is 7.08. The zero-order valence-electron chi connectivity index (χ0n) is 16.7. The number of ether oxygens (including phenoxy) is 1. The highest BCUT2D eigenvalue weighted by molar-refractivity contribution is 5.83. The molecular formula is C24H21N5O. The molecule has 0 aliphatic heterocycles. The molecule has 148 valence electrons. The molecule has 30 heavy (non-hydrogen) atoms. The zero-order chi connectivity index (χ0) is 20.5. The molecule has 6 nitrogen and oxygen atoms in total. The van der Waals surface area contributed by atoms with Crippen molar-refractivity contribution in [2.24, 2.45) is 0 Å². The van der Waals surface area contributed by atoms with Crippen LogP contribution in [0.25, 0.3) is 28.2 Å². The molecule has 6 heteroatoms. The first-order chi connectivity index (χ1) is 14.7. The number of methoxy groups -OCH3 is 1. The number of pyridine rings is 2. The van der Waals surface area contributed by atoms with E-state index in [9.17, 15) is 0 Å². The second-order valence-corrected chi connectivity index (χ2v) is 7.29. The summed E-state index contributed by atoms with van der Waals surface area (Å²) in [6, 6.07) is 14.2. The fourth-order valence-corrected chi connectivity index (χ4v) is 3.95. The number of nitrogens with zero attached hydrogens (tertiary/aromatic N) is 4. The molecule has 2 N–H and O–H groups in total. The summed E-state index contributed by atoms with van der Waals surface area (Å²) in [6.07, 6.45) is 5.12. The molecule has 0 unspecified atom stereocenters. The Balaban J connectivity index is 1.76. The number of fused-ring (bicyclic) bond motifs is 2. The Hall–Kier alpha value is -3.69. The average molecular weight is 395 g/mol. The van der Waals surface area contributed by atoms with Crippen molar-refractivity contribution >= 4 is 17.0 Å². The number of imidazole rings is 1. The lowest BCUT2D eigenvalue weighted by Crippen LogP contribution is -2.03. The average Bonchev–Trinajstić information content (AvgIpc) is 3.37. The van der Waals surface area contributed by atoms with E-state index in [0.717, 1.165) is 41.1 Å². The Morgan fingerprint density at radius 3 is 2.87 bits per heavy atom.